The van der Waals surface area contributed by atoms with Gasteiger partial charge < -0.3 is 5.73 Å². The smallest absolute Gasteiger partial charge is 0.137 e. The minimum absolute atomic E-state index is 0.772. The molecule has 4 nitrogen and oxygen atoms in total. The molecule has 0 aliphatic heterocycles. The van der Waals surface area contributed by atoms with Gasteiger partial charge in [-0.25, -0.2) is 4.98 Å². The molecule has 1 aromatic carbocycles. The number of fused-ring (bicyclic) bond motifs is 2. The van der Waals surface area contributed by atoms with E-state index in [1.807, 2.05) is 61.3 Å². The summed E-state index contributed by atoms with van der Waals surface area (Å²) < 4.78 is 2.03. The van der Waals surface area contributed by atoms with E-state index in [0.717, 1.165) is 33.2 Å². The molecule has 4 heteroatoms. The number of hydrogen-bond acceptors (Lipinski definition) is 3. The van der Waals surface area contributed by atoms with Crippen molar-refractivity contribution in [2.24, 2.45) is 0 Å². The first-order chi connectivity index (χ1) is 11.2. The summed E-state index contributed by atoms with van der Waals surface area (Å²) in [5.41, 5.74) is 9.10. The van der Waals surface area contributed by atoms with Gasteiger partial charge in [0.15, 0.2) is 0 Å². The van der Waals surface area contributed by atoms with Gasteiger partial charge in [0.05, 0.1) is 11.7 Å². The third-order valence-electron chi connectivity index (χ3n) is 3.88. The Labute approximate surface area is 135 Å². The number of aromatic nitrogens is 3. The number of aryl methyl sites for hydroxylation is 1. The highest BCUT2D eigenvalue weighted by Gasteiger charge is 2.07. The zero-order valence-corrected chi connectivity index (χ0v) is 13.6. The van der Waals surface area contributed by atoms with Crippen LogP contribution in [0.4, 0.5) is 5.69 Å². The van der Waals surface area contributed by atoms with Gasteiger partial charge in [0.1, 0.15) is 5.82 Å². The Hall–Kier alpha value is -2.88. The van der Waals surface area contributed by atoms with Crippen molar-refractivity contribution in [1.29, 1.82) is 0 Å². The van der Waals surface area contributed by atoms with E-state index in [2.05, 4.69) is 23.0 Å². The number of nitrogens with two attached hydrogens (primary N) is 1. The summed E-state index contributed by atoms with van der Waals surface area (Å²) in [4.78, 5) is 8.77. The molecule has 0 aliphatic rings. The number of anilines is 1. The summed E-state index contributed by atoms with van der Waals surface area (Å²) in [5.74, 6) is 0.850. The largest absolute Gasteiger partial charge is 0.398 e. The Bertz CT molecular complexity index is 970. The lowest BCUT2D eigenvalue weighted by Gasteiger charge is -2.09. The summed E-state index contributed by atoms with van der Waals surface area (Å²) in [6.07, 6.45) is 7.54. The molecule has 3 heterocycles. The molecule has 0 spiro atoms. The lowest BCUT2D eigenvalue weighted by Crippen LogP contribution is -1.97. The van der Waals surface area contributed by atoms with Crippen molar-refractivity contribution in [1.82, 2.24) is 14.5 Å². The lowest BCUT2D eigenvalue weighted by atomic mass is 10.1. The molecule has 0 bridgehead atoms. The minimum atomic E-state index is 0.772. The SMILES string of the molecule is CC.Cc1ccc(N)c2cc(-n3ccc4ccncc43)ncc12. The minimum Gasteiger partial charge on any atom is -0.398 e. The molecule has 3 aromatic heterocycles. The van der Waals surface area contributed by atoms with Gasteiger partial charge in [0, 0.05) is 40.4 Å². The highest BCUT2D eigenvalue weighted by atomic mass is 15.1. The van der Waals surface area contributed by atoms with Crippen LogP contribution in [-0.2, 0) is 0 Å². The first-order valence-electron chi connectivity index (χ1n) is 7.80. The molecule has 4 aromatic rings. The van der Waals surface area contributed by atoms with E-state index < -0.39 is 0 Å². The molecule has 23 heavy (non-hydrogen) atoms. The van der Waals surface area contributed by atoms with E-state index in [-0.39, 0.29) is 0 Å². The Morgan fingerprint density at radius 2 is 1.83 bits per heavy atom. The standard InChI is InChI=1S/C17H14N4.C2H6/c1-11-2-3-15(18)13-8-17(20-9-14(11)13)21-7-5-12-4-6-19-10-16(12)21;1-2/h2-10H,18H2,1H3;1-2H3. The van der Waals surface area contributed by atoms with Gasteiger partial charge in [0.25, 0.3) is 0 Å². The number of benzene rings is 1. The van der Waals surface area contributed by atoms with Crippen molar-refractivity contribution >= 4 is 27.4 Å². The van der Waals surface area contributed by atoms with Crippen LogP contribution in [0.2, 0.25) is 0 Å². The molecule has 0 fully saturated rings. The zero-order valence-electron chi connectivity index (χ0n) is 13.6. The fourth-order valence-corrected chi connectivity index (χ4v) is 2.70. The number of pyridine rings is 2. The third kappa shape index (κ3) is 2.52. The topological polar surface area (TPSA) is 56.7 Å². The first-order valence-corrected chi connectivity index (χ1v) is 7.80. The van der Waals surface area contributed by atoms with Crippen LogP contribution >= 0.6 is 0 Å². The normalized spacial score (nSPS) is 10.6. The average Bonchev–Trinajstić information content (AvgIpc) is 3.04. The monoisotopic (exact) mass is 304 g/mol. The summed E-state index contributed by atoms with van der Waals surface area (Å²) in [5, 5.41) is 3.27. The van der Waals surface area contributed by atoms with Gasteiger partial charge >= 0.3 is 0 Å². The predicted octanol–water partition coefficient (Wildman–Crippen LogP) is 4.49. The molecule has 0 atom stereocenters. The van der Waals surface area contributed by atoms with E-state index in [1.54, 1.807) is 6.20 Å². The Morgan fingerprint density at radius 3 is 2.65 bits per heavy atom. The van der Waals surface area contributed by atoms with E-state index >= 15 is 0 Å². The van der Waals surface area contributed by atoms with Gasteiger partial charge in [-0.05, 0) is 36.8 Å². The predicted molar refractivity (Wildman–Crippen MR) is 96.9 cm³/mol. The average molecular weight is 304 g/mol. The molecule has 0 saturated carbocycles. The van der Waals surface area contributed by atoms with Crippen LogP contribution in [0.1, 0.15) is 19.4 Å². The molecule has 0 amide bonds. The maximum absolute atomic E-state index is 6.11. The number of hydrogen-bond donors (Lipinski definition) is 1. The van der Waals surface area contributed by atoms with Crippen LogP contribution in [0.15, 0.2) is 55.1 Å². The molecule has 2 N–H and O–H groups in total. The zero-order chi connectivity index (χ0) is 16.4. The Balaban J connectivity index is 0.000000753. The number of rotatable bonds is 1. The van der Waals surface area contributed by atoms with Crippen LogP contribution in [0.3, 0.4) is 0 Å². The van der Waals surface area contributed by atoms with Crippen molar-refractivity contribution in [2.45, 2.75) is 20.8 Å². The lowest BCUT2D eigenvalue weighted by molar-refractivity contribution is 1.05. The second-order valence-electron chi connectivity index (χ2n) is 5.18. The summed E-state index contributed by atoms with van der Waals surface area (Å²) in [6.45, 7) is 6.07. The molecule has 4 rings (SSSR count). The fourth-order valence-electron chi connectivity index (χ4n) is 2.70. The van der Waals surface area contributed by atoms with Gasteiger partial charge in [-0.3, -0.25) is 9.55 Å². The number of nitrogen functional groups attached to an aromatic ring is 1. The molecule has 0 saturated heterocycles. The van der Waals surface area contributed by atoms with Crippen LogP contribution < -0.4 is 5.73 Å². The Morgan fingerprint density at radius 1 is 1.00 bits per heavy atom. The quantitative estimate of drug-likeness (QED) is 0.527. The van der Waals surface area contributed by atoms with Gasteiger partial charge in [-0.1, -0.05) is 19.9 Å². The van der Waals surface area contributed by atoms with Crippen molar-refractivity contribution < 1.29 is 0 Å². The van der Waals surface area contributed by atoms with E-state index in [9.17, 15) is 0 Å². The van der Waals surface area contributed by atoms with E-state index in [1.165, 1.54) is 5.56 Å². The summed E-state index contributed by atoms with van der Waals surface area (Å²) >= 11 is 0. The van der Waals surface area contributed by atoms with Gasteiger partial charge in [-0.15, -0.1) is 0 Å². The van der Waals surface area contributed by atoms with E-state index in [0.29, 0.717) is 0 Å². The van der Waals surface area contributed by atoms with Crippen LogP contribution in [0.5, 0.6) is 0 Å². The maximum atomic E-state index is 6.11. The molecular weight excluding hydrogens is 284 g/mol. The number of nitrogens with zero attached hydrogens (tertiary/aromatic N) is 3. The second kappa shape index (κ2) is 6.08. The van der Waals surface area contributed by atoms with E-state index in [4.69, 9.17) is 5.73 Å². The van der Waals surface area contributed by atoms with Gasteiger partial charge in [0.2, 0.25) is 0 Å². The first kappa shape index (κ1) is 15.0. The van der Waals surface area contributed by atoms with Crippen molar-refractivity contribution in [2.75, 3.05) is 5.73 Å². The maximum Gasteiger partial charge on any atom is 0.137 e. The van der Waals surface area contributed by atoms with Crippen LogP contribution in [0, 0.1) is 6.92 Å². The molecule has 116 valence electrons. The Kier molecular flexibility index (Phi) is 3.98. The van der Waals surface area contributed by atoms with Gasteiger partial charge in [-0.2, -0.15) is 0 Å². The molecular formula is C19H20N4. The highest BCUT2D eigenvalue weighted by molar-refractivity contribution is 5.95. The molecule has 0 aliphatic carbocycles. The second-order valence-corrected chi connectivity index (χ2v) is 5.18. The molecule has 0 unspecified atom stereocenters. The summed E-state index contributed by atoms with van der Waals surface area (Å²) in [6, 6.07) is 10.0. The summed E-state index contributed by atoms with van der Waals surface area (Å²) in [7, 11) is 0. The highest BCUT2D eigenvalue weighted by Crippen LogP contribution is 2.26. The van der Waals surface area contributed by atoms with Crippen molar-refractivity contribution in [3.63, 3.8) is 0 Å². The van der Waals surface area contributed by atoms with Crippen LogP contribution in [-0.4, -0.2) is 14.5 Å². The third-order valence-corrected chi connectivity index (χ3v) is 3.88. The fraction of sp³-hybridized carbons (Fsp3) is 0.158. The molecule has 0 radical (unpaired) electrons. The van der Waals surface area contributed by atoms with Crippen molar-refractivity contribution in [3.05, 3.63) is 60.7 Å². The van der Waals surface area contributed by atoms with Crippen LogP contribution in [0.25, 0.3) is 27.5 Å². The van der Waals surface area contributed by atoms with Crippen molar-refractivity contribution in [3.8, 4) is 5.82 Å².